The van der Waals surface area contributed by atoms with Gasteiger partial charge in [-0.05, 0) is 78.9 Å². The Bertz CT molecular complexity index is 1940. The molecule has 3 amide bonds. The fourth-order valence-electron chi connectivity index (χ4n) is 6.63. The van der Waals surface area contributed by atoms with E-state index < -0.39 is 81.5 Å². The molecule has 3 heterocycles. The zero-order chi connectivity index (χ0) is 39.7. The van der Waals surface area contributed by atoms with E-state index in [2.05, 4.69) is 25.9 Å². The maximum absolute atomic E-state index is 15.6. The lowest BCUT2D eigenvalue weighted by Crippen LogP contribution is -2.51. The number of fused-ring (bicyclic) bond motifs is 1. The normalized spacial score (nSPS) is 18.4. The summed E-state index contributed by atoms with van der Waals surface area (Å²) >= 11 is 0. The zero-order valence-electron chi connectivity index (χ0n) is 31.5. The van der Waals surface area contributed by atoms with E-state index in [9.17, 15) is 28.0 Å². The van der Waals surface area contributed by atoms with Gasteiger partial charge in [0.05, 0.1) is 34.5 Å². The first-order valence-electron chi connectivity index (χ1n) is 17.6. The lowest BCUT2D eigenvalue weighted by Gasteiger charge is -2.40. The van der Waals surface area contributed by atoms with Crippen molar-refractivity contribution in [2.75, 3.05) is 28.6 Å². The number of nitrogens with zero attached hydrogens (tertiary/aromatic N) is 3. The van der Waals surface area contributed by atoms with Crippen LogP contribution in [-0.2, 0) is 25.4 Å². The smallest absolute Gasteiger partial charge is 0.412 e. The van der Waals surface area contributed by atoms with Gasteiger partial charge in [-0.25, -0.2) is 27.7 Å². The molecule has 1 aromatic carbocycles. The van der Waals surface area contributed by atoms with Gasteiger partial charge in [-0.2, -0.15) is 0 Å². The molecule has 0 radical (unpaired) electrons. The molecule has 2 aromatic heterocycles. The molecule has 2 aliphatic rings. The Morgan fingerprint density at radius 3 is 2.17 bits per heavy atom. The fourth-order valence-corrected chi connectivity index (χ4v) is 6.63. The molecule has 3 aromatic rings. The molecule has 16 heteroatoms. The summed E-state index contributed by atoms with van der Waals surface area (Å²) in [6, 6.07) is 3.31. The van der Waals surface area contributed by atoms with Gasteiger partial charge < -0.3 is 29.7 Å². The van der Waals surface area contributed by atoms with Crippen LogP contribution in [0.3, 0.4) is 0 Å². The molecule has 3 unspecified atom stereocenters. The highest BCUT2D eigenvalue weighted by Crippen LogP contribution is 2.43. The van der Waals surface area contributed by atoms with E-state index in [0.29, 0.717) is 49.3 Å². The Labute approximate surface area is 311 Å². The molecule has 13 nitrogen and oxygen atoms in total. The average molecular weight is 755 g/mol. The quantitative estimate of drug-likeness (QED) is 0.163. The van der Waals surface area contributed by atoms with Gasteiger partial charge in [-0.3, -0.25) is 19.9 Å². The van der Waals surface area contributed by atoms with Crippen LogP contribution in [0.15, 0.2) is 30.5 Å². The molecular weight excluding hydrogens is 709 g/mol. The van der Waals surface area contributed by atoms with Crippen LogP contribution in [-0.4, -0.2) is 64.4 Å². The second kappa shape index (κ2) is 15.5. The van der Waals surface area contributed by atoms with Gasteiger partial charge >= 0.3 is 18.2 Å². The Morgan fingerprint density at radius 2 is 1.54 bits per heavy atom. The number of carbonyl (C=O) groups is 4. The molecule has 5 rings (SSSR count). The Kier molecular flexibility index (Phi) is 11.4. The molecule has 290 valence electrons. The number of piperidine rings is 1. The summed E-state index contributed by atoms with van der Waals surface area (Å²) in [6.45, 7) is 14.2. The van der Waals surface area contributed by atoms with Crippen LogP contribution in [0.25, 0.3) is 11.3 Å². The summed E-state index contributed by atoms with van der Waals surface area (Å²) < 4.78 is 61.7. The number of ether oxygens (including phenoxy) is 3. The Hall–Kier alpha value is -5.41. The van der Waals surface area contributed by atoms with Crippen molar-refractivity contribution in [2.24, 2.45) is 5.92 Å². The minimum absolute atomic E-state index is 0.0540. The molecule has 1 fully saturated rings. The van der Waals surface area contributed by atoms with E-state index in [4.69, 9.17) is 14.2 Å². The molecule has 0 bridgehead atoms. The number of esters is 1. The summed E-state index contributed by atoms with van der Waals surface area (Å²) in [5, 5.41) is 8.04. The molecular formula is C38H45F3N6O7. The number of aromatic nitrogens is 2. The Morgan fingerprint density at radius 1 is 0.889 bits per heavy atom. The van der Waals surface area contributed by atoms with E-state index in [-0.39, 0.29) is 17.6 Å². The third kappa shape index (κ3) is 9.57. The number of alkyl carbamates (subject to hydrolysis) is 1. The average Bonchev–Trinajstić information content (AvgIpc) is 3.41. The van der Waals surface area contributed by atoms with Crippen LogP contribution in [0.2, 0.25) is 0 Å². The van der Waals surface area contributed by atoms with Gasteiger partial charge in [0, 0.05) is 37.7 Å². The van der Waals surface area contributed by atoms with E-state index in [1.807, 2.05) is 11.8 Å². The lowest BCUT2D eigenvalue weighted by atomic mass is 9.94. The van der Waals surface area contributed by atoms with Crippen molar-refractivity contribution in [3.8, 4) is 11.3 Å². The highest BCUT2D eigenvalue weighted by atomic mass is 19.1. The molecule has 0 spiro atoms. The first-order valence-corrected chi connectivity index (χ1v) is 17.6. The minimum Gasteiger partial charge on any atom is -0.456 e. The number of rotatable bonds is 7. The highest BCUT2D eigenvalue weighted by molar-refractivity contribution is 6.10. The van der Waals surface area contributed by atoms with E-state index in [0.717, 1.165) is 24.3 Å². The van der Waals surface area contributed by atoms with Crippen LogP contribution < -0.4 is 20.9 Å². The van der Waals surface area contributed by atoms with Crippen molar-refractivity contribution in [3.05, 3.63) is 64.9 Å². The van der Waals surface area contributed by atoms with Crippen molar-refractivity contribution in [1.82, 2.24) is 15.3 Å². The van der Waals surface area contributed by atoms with E-state index >= 15 is 4.39 Å². The molecule has 54 heavy (non-hydrogen) atoms. The first-order chi connectivity index (χ1) is 25.2. The number of benzene rings is 1. The standard InChI is InChI=1S/C38H45F3N6O7/c1-19-14-21(43-35(50)53-37(3,4)5)18-47(17-19)33-22-12-13-28(52-20(2)48)30(22)42-16-27(33)44-34(49)32-26(45-36(51)54-38(6,7)8)15-25(41)31(46-32)29-23(39)10-9-11-24(29)40/h9-11,15-16,19,21,28H,12-14,17-18H2,1-8H3,(H,43,50)(H,44,49)(H,45,51). The third-order valence-corrected chi connectivity index (χ3v) is 8.42. The van der Waals surface area contributed by atoms with Crippen molar-refractivity contribution < 1.29 is 46.6 Å². The fraction of sp³-hybridized carbons (Fsp3) is 0.474. The van der Waals surface area contributed by atoms with Crippen molar-refractivity contribution in [1.29, 1.82) is 0 Å². The minimum atomic E-state index is -1.22. The predicted octanol–water partition coefficient (Wildman–Crippen LogP) is 7.45. The summed E-state index contributed by atoms with van der Waals surface area (Å²) in [5.41, 5.74) is -2.41. The van der Waals surface area contributed by atoms with Gasteiger partial charge in [0.15, 0.2) is 11.5 Å². The number of hydrogen-bond acceptors (Lipinski definition) is 10. The number of amides is 3. The number of carbonyl (C=O) groups excluding carboxylic acids is 4. The van der Waals surface area contributed by atoms with E-state index in [1.54, 1.807) is 41.5 Å². The monoisotopic (exact) mass is 754 g/mol. The summed E-state index contributed by atoms with van der Waals surface area (Å²) in [5.74, 6) is -4.88. The Balaban J connectivity index is 1.58. The van der Waals surface area contributed by atoms with Crippen LogP contribution in [0.4, 0.5) is 39.8 Å². The van der Waals surface area contributed by atoms with Crippen molar-refractivity contribution >= 4 is 41.1 Å². The maximum Gasteiger partial charge on any atom is 0.412 e. The lowest BCUT2D eigenvalue weighted by molar-refractivity contribution is -0.146. The molecule has 3 atom stereocenters. The van der Waals surface area contributed by atoms with Gasteiger partial charge in [-0.15, -0.1) is 0 Å². The van der Waals surface area contributed by atoms with Gasteiger partial charge in [0.25, 0.3) is 5.91 Å². The second-order valence-electron chi connectivity index (χ2n) is 15.5. The molecule has 1 aliphatic carbocycles. The highest BCUT2D eigenvalue weighted by Gasteiger charge is 2.36. The zero-order valence-corrected chi connectivity index (χ0v) is 31.5. The largest absolute Gasteiger partial charge is 0.456 e. The molecule has 3 N–H and O–H groups in total. The van der Waals surface area contributed by atoms with E-state index in [1.165, 1.54) is 13.1 Å². The third-order valence-electron chi connectivity index (χ3n) is 8.42. The topological polar surface area (TPSA) is 161 Å². The number of hydrogen-bond donors (Lipinski definition) is 3. The van der Waals surface area contributed by atoms with Crippen LogP contribution >= 0.6 is 0 Å². The molecule has 1 saturated heterocycles. The van der Waals surface area contributed by atoms with Gasteiger partial charge in [-0.1, -0.05) is 13.0 Å². The summed E-state index contributed by atoms with van der Waals surface area (Å²) in [4.78, 5) is 62.4. The van der Waals surface area contributed by atoms with Crippen LogP contribution in [0.1, 0.15) is 96.1 Å². The number of nitrogens with one attached hydrogen (secondary N) is 3. The maximum atomic E-state index is 15.6. The number of pyridine rings is 2. The summed E-state index contributed by atoms with van der Waals surface area (Å²) in [7, 11) is 0. The molecule has 0 saturated carbocycles. The summed E-state index contributed by atoms with van der Waals surface area (Å²) in [6.07, 6.45) is 0.604. The van der Waals surface area contributed by atoms with Crippen molar-refractivity contribution in [3.63, 3.8) is 0 Å². The SMILES string of the molecule is CC(=O)OC1CCc2c1ncc(NC(=O)c1nc(-c3c(F)cccc3F)c(F)cc1NC(=O)OC(C)(C)C)c2N1CC(C)CC(NC(=O)OC(C)(C)C)C1. The van der Waals surface area contributed by atoms with Crippen LogP contribution in [0, 0.1) is 23.4 Å². The van der Waals surface area contributed by atoms with Crippen LogP contribution in [0.5, 0.6) is 0 Å². The van der Waals surface area contributed by atoms with Crippen molar-refractivity contribution in [2.45, 2.75) is 98.0 Å². The predicted molar refractivity (Wildman–Crippen MR) is 194 cm³/mol. The first kappa shape index (κ1) is 39.8. The van der Waals surface area contributed by atoms with Gasteiger partial charge in [0.1, 0.15) is 34.6 Å². The number of halogens is 3. The number of anilines is 3. The second-order valence-corrected chi connectivity index (χ2v) is 15.5. The molecule has 1 aliphatic heterocycles. The van der Waals surface area contributed by atoms with Gasteiger partial charge in [0.2, 0.25) is 0 Å².